The van der Waals surface area contributed by atoms with E-state index in [2.05, 4.69) is 36.2 Å². The van der Waals surface area contributed by atoms with Crippen LogP contribution in [0.2, 0.25) is 0 Å². The fraction of sp³-hybridized carbons (Fsp3) is 0.406. The van der Waals surface area contributed by atoms with Crippen molar-refractivity contribution in [3.63, 3.8) is 0 Å². The number of hydrogen-bond acceptors (Lipinski definition) is 6. The molecule has 3 aromatic rings. The summed E-state index contributed by atoms with van der Waals surface area (Å²) in [6, 6.07) is 16.7. The number of aromatic nitrogens is 1. The van der Waals surface area contributed by atoms with E-state index in [-0.39, 0.29) is 11.8 Å². The number of piperazine rings is 1. The summed E-state index contributed by atoms with van der Waals surface area (Å²) >= 11 is 0. The van der Waals surface area contributed by atoms with E-state index in [9.17, 15) is 9.59 Å². The van der Waals surface area contributed by atoms with Crippen LogP contribution in [0.1, 0.15) is 48.3 Å². The van der Waals surface area contributed by atoms with Crippen LogP contribution in [0.15, 0.2) is 48.5 Å². The SMILES string of the molecule is COc1cc2c(cc1N1CC(C)NC(C)C1)N(C(=O)c1ccc(-c3ccc(N4CCCC4=O)nc3C)cc1)CC2. The molecular weight excluding hydrogens is 502 g/mol. The molecule has 0 aliphatic carbocycles. The summed E-state index contributed by atoms with van der Waals surface area (Å²) in [7, 11) is 1.72. The van der Waals surface area contributed by atoms with Gasteiger partial charge in [0.2, 0.25) is 5.91 Å². The lowest BCUT2D eigenvalue weighted by Gasteiger charge is -2.38. The Hall–Kier alpha value is -3.91. The Kier molecular flexibility index (Phi) is 6.96. The second-order valence-electron chi connectivity index (χ2n) is 11.3. The van der Waals surface area contributed by atoms with Crippen molar-refractivity contribution in [2.45, 2.75) is 52.1 Å². The number of fused-ring (bicyclic) bond motifs is 1. The maximum Gasteiger partial charge on any atom is 0.258 e. The lowest BCUT2D eigenvalue weighted by Crippen LogP contribution is -2.54. The number of nitrogens with zero attached hydrogens (tertiary/aromatic N) is 4. The number of hydrogen-bond donors (Lipinski definition) is 1. The van der Waals surface area contributed by atoms with Crippen LogP contribution in [0.25, 0.3) is 11.1 Å². The minimum absolute atomic E-state index is 0.00112. The minimum Gasteiger partial charge on any atom is -0.495 e. The van der Waals surface area contributed by atoms with Crippen LogP contribution in [0.3, 0.4) is 0 Å². The molecule has 1 aromatic heterocycles. The highest BCUT2D eigenvalue weighted by molar-refractivity contribution is 6.08. The molecule has 2 saturated heterocycles. The standard InChI is InChI=1S/C32H37N5O3/c1-20-18-35(19-21(2)33-20)28-17-27-25(16-29(28)40-4)13-15-36(27)32(39)24-9-7-23(8-10-24)26-11-12-30(34-22(26)3)37-14-5-6-31(37)38/h7-12,16-17,20-21,33H,5-6,13-15,18-19H2,1-4H3. The Morgan fingerprint density at radius 3 is 2.38 bits per heavy atom. The zero-order valence-corrected chi connectivity index (χ0v) is 23.7. The molecule has 2 amide bonds. The van der Waals surface area contributed by atoms with Crippen LogP contribution in [0.4, 0.5) is 17.2 Å². The summed E-state index contributed by atoms with van der Waals surface area (Å²) in [4.78, 5) is 36.6. The van der Waals surface area contributed by atoms with Gasteiger partial charge in [-0.3, -0.25) is 14.5 Å². The first-order chi connectivity index (χ1) is 19.3. The Balaban J connectivity index is 1.24. The van der Waals surface area contributed by atoms with Crippen LogP contribution in [-0.4, -0.2) is 62.2 Å². The van der Waals surface area contributed by atoms with E-state index in [0.29, 0.717) is 36.4 Å². The molecule has 8 heteroatoms. The van der Waals surface area contributed by atoms with Crippen molar-refractivity contribution in [2.75, 3.05) is 48.0 Å². The number of methoxy groups -OCH3 is 1. The molecular formula is C32H37N5O3. The number of benzene rings is 2. The molecule has 2 atom stereocenters. The molecule has 3 aliphatic heterocycles. The monoisotopic (exact) mass is 539 g/mol. The predicted octanol–water partition coefficient (Wildman–Crippen LogP) is 4.58. The molecule has 0 bridgehead atoms. The van der Waals surface area contributed by atoms with E-state index in [0.717, 1.165) is 72.0 Å². The van der Waals surface area contributed by atoms with Gasteiger partial charge in [-0.1, -0.05) is 12.1 Å². The Bertz CT molecular complexity index is 1440. The van der Waals surface area contributed by atoms with Crippen molar-refractivity contribution in [3.05, 3.63) is 65.4 Å². The second-order valence-corrected chi connectivity index (χ2v) is 11.3. The molecule has 0 saturated carbocycles. The normalized spacial score (nSPS) is 20.7. The number of carbonyl (C=O) groups is 2. The third kappa shape index (κ3) is 4.81. The van der Waals surface area contributed by atoms with E-state index in [1.165, 1.54) is 0 Å². The minimum atomic E-state index is 0.00112. The maximum absolute atomic E-state index is 13.7. The number of carbonyl (C=O) groups excluding carboxylic acids is 2. The lowest BCUT2D eigenvalue weighted by atomic mass is 10.0. The van der Waals surface area contributed by atoms with E-state index in [4.69, 9.17) is 9.72 Å². The van der Waals surface area contributed by atoms with Gasteiger partial charge in [0.1, 0.15) is 11.6 Å². The number of amides is 2. The van der Waals surface area contributed by atoms with Gasteiger partial charge in [-0.15, -0.1) is 0 Å². The number of anilines is 3. The van der Waals surface area contributed by atoms with Crippen molar-refractivity contribution >= 4 is 29.0 Å². The second kappa shape index (κ2) is 10.6. The van der Waals surface area contributed by atoms with E-state index >= 15 is 0 Å². The number of rotatable bonds is 5. The van der Waals surface area contributed by atoms with E-state index in [1.54, 1.807) is 12.0 Å². The van der Waals surface area contributed by atoms with Crippen molar-refractivity contribution in [2.24, 2.45) is 0 Å². The summed E-state index contributed by atoms with van der Waals surface area (Å²) in [5.41, 5.74) is 6.66. The van der Waals surface area contributed by atoms with Gasteiger partial charge in [-0.25, -0.2) is 4.98 Å². The van der Waals surface area contributed by atoms with Gasteiger partial charge in [-0.2, -0.15) is 0 Å². The summed E-state index contributed by atoms with van der Waals surface area (Å²) in [5, 5.41) is 3.59. The molecule has 4 heterocycles. The van der Waals surface area contributed by atoms with Gasteiger partial charge in [0.15, 0.2) is 0 Å². The van der Waals surface area contributed by atoms with Crippen LogP contribution >= 0.6 is 0 Å². The predicted molar refractivity (Wildman–Crippen MR) is 159 cm³/mol. The third-order valence-electron chi connectivity index (χ3n) is 8.28. The molecule has 3 aliphatic rings. The van der Waals surface area contributed by atoms with E-state index in [1.807, 2.05) is 48.2 Å². The highest BCUT2D eigenvalue weighted by Gasteiger charge is 2.30. The number of aryl methyl sites for hydroxylation is 1. The largest absolute Gasteiger partial charge is 0.495 e. The Labute approximate surface area is 235 Å². The van der Waals surface area contributed by atoms with Crippen LogP contribution in [0.5, 0.6) is 5.75 Å². The first-order valence-electron chi connectivity index (χ1n) is 14.2. The molecule has 6 rings (SSSR count). The summed E-state index contributed by atoms with van der Waals surface area (Å²) < 4.78 is 5.79. The van der Waals surface area contributed by atoms with Gasteiger partial charge in [0.25, 0.3) is 5.91 Å². The Morgan fingerprint density at radius 1 is 0.975 bits per heavy atom. The average Bonchev–Trinajstić information content (AvgIpc) is 3.57. The van der Waals surface area contributed by atoms with Gasteiger partial charge < -0.3 is 19.9 Å². The molecule has 0 radical (unpaired) electrons. The zero-order chi connectivity index (χ0) is 28.0. The molecule has 2 aromatic carbocycles. The topological polar surface area (TPSA) is 78.0 Å². The smallest absolute Gasteiger partial charge is 0.258 e. The van der Waals surface area contributed by atoms with Crippen LogP contribution < -0.4 is 24.8 Å². The third-order valence-corrected chi connectivity index (χ3v) is 8.28. The van der Waals surface area contributed by atoms with E-state index < -0.39 is 0 Å². The highest BCUT2D eigenvalue weighted by atomic mass is 16.5. The Morgan fingerprint density at radius 2 is 1.73 bits per heavy atom. The van der Waals surface area contributed by atoms with Crippen molar-refractivity contribution in [1.82, 2.24) is 10.3 Å². The van der Waals surface area contributed by atoms with Gasteiger partial charge in [0.05, 0.1) is 12.8 Å². The number of ether oxygens (including phenoxy) is 1. The molecule has 8 nitrogen and oxygen atoms in total. The molecule has 1 N–H and O–H groups in total. The molecule has 40 heavy (non-hydrogen) atoms. The quantitative estimate of drug-likeness (QED) is 0.512. The molecule has 208 valence electrons. The first-order valence-corrected chi connectivity index (χ1v) is 14.2. The summed E-state index contributed by atoms with van der Waals surface area (Å²) in [6.45, 7) is 9.51. The fourth-order valence-electron chi connectivity index (χ4n) is 6.39. The van der Waals surface area contributed by atoms with Gasteiger partial charge in [0, 0.05) is 67.2 Å². The summed E-state index contributed by atoms with van der Waals surface area (Å²) in [5.74, 6) is 1.71. The highest BCUT2D eigenvalue weighted by Crippen LogP contribution is 2.40. The number of nitrogens with one attached hydrogen (secondary N) is 1. The van der Waals surface area contributed by atoms with Gasteiger partial charge >= 0.3 is 0 Å². The average molecular weight is 540 g/mol. The molecule has 2 fully saturated rings. The van der Waals surface area contributed by atoms with Crippen LogP contribution in [-0.2, 0) is 11.2 Å². The molecule has 0 spiro atoms. The van der Waals surface area contributed by atoms with Gasteiger partial charge in [-0.05, 0) is 81.1 Å². The fourth-order valence-corrected chi connectivity index (χ4v) is 6.39. The lowest BCUT2D eigenvalue weighted by molar-refractivity contribution is -0.117. The number of pyridine rings is 1. The van der Waals surface area contributed by atoms with Crippen molar-refractivity contribution in [1.29, 1.82) is 0 Å². The first kappa shape index (κ1) is 26.3. The summed E-state index contributed by atoms with van der Waals surface area (Å²) in [6.07, 6.45) is 2.27. The molecule has 2 unspecified atom stereocenters. The zero-order valence-electron chi connectivity index (χ0n) is 23.7. The van der Waals surface area contributed by atoms with Crippen LogP contribution in [0, 0.1) is 6.92 Å². The van der Waals surface area contributed by atoms with Crippen molar-refractivity contribution < 1.29 is 14.3 Å². The van der Waals surface area contributed by atoms with Crippen molar-refractivity contribution in [3.8, 4) is 16.9 Å². The maximum atomic E-state index is 13.7.